The van der Waals surface area contributed by atoms with Crippen LogP contribution in [-0.2, 0) is 18.3 Å². The maximum atomic E-state index is 12.4. The third-order valence-corrected chi connectivity index (χ3v) is 5.53. The van der Waals surface area contributed by atoms with E-state index in [0.717, 1.165) is 33.5 Å². The van der Waals surface area contributed by atoms with Gasteiger partial charge in [-0.15, -0.1) is 10.2 Å². The summed E-state index contributed by atoms with van der Waals surface area (Å²) in [7, 11) is 3.50. The van der Waals surface area contributed by atoms with Gasteiger partial charge in [-0.05, 0) is 49.7 Å². The molecule has 158 valence electrons. The number of hydrogen-bond acceptors (Lipinski definition) is 6. The normalized spacial score (nSPS) is 10.7. The minimum atomic E-state index is -0.114. The largest absolute Gasteiger partial charge is 0.497 e. The zero-order valence-corrected chi connectivity index (χ0v) is 18.5. The van der Waals surface area contributed by atoms with Crippen molar-refractivity contribution in [1.82, 2.24) is 14.8 Å². The number of nitrogens with zero attached hydrogens (tertiary/aromatic N) is 3. The highest BCUT2D eigenvalue weighted by molar-refractivity contribution is 7.99. The van der Waals surface area contributed by atoms with Gasteiger partial charge in [0.2, 0.25) is 5.91 Å². The summed E-state index contributed by atoms with van der Waals surface area (Å²) in [5.41, 5.74) is 3.02. The molecule has 1 N–H and O–H groups in total. The molecule has 0 radical (unpaired) electrons. The van der Waals surface area contributed by atoms with Gasteiger partial charge in [-0.25, -0.2) is 0 Å². The molecule has 0 aliphatic carbocycles. The van der Waals surface area contributed by atoms with E-state index >= 15 is 0 Å². The van der Waals surface area contributed by atoms with Crippen LogP contribution in [0, 0.1) is 13.8 Å². The van der Waals surface area contributed by atoms with Gasteiger partial charge < -0.3 is 19.4 Å². The minimum absolute atomic E-state index is 0.114. The number of thioether (sulfide) groups is 1. The number of amides is 1. The van der Waals surface area contributed by atoms with Crippen LogP contribution < -0.4 is 14.8 Å². The molecule has 0 fully saturated rings. The third-order valence-electron chi connectivity index (χ3n) is 4.54. The molecular weight excluding hydrogens is 400 g/mol. The number of ether oxygens (including phenoxy) is 2. The number of methoxy groups -OCH3 is 1. The number of benzene rings is 2. The molecule has 0 aliphatic rings. The Bertz CT molecular complexity index is 1000. The fourth-order valence-corrected chi connectivity index (χ4v) is 3.63. The van der Waals surface area contributed by atoms with E-state index < -0.39 is 0 Å². The topological polar surface area (TPSA) is 78.3 Å². The van der Waals surface area contributed by atoms with Crippen molar-refractivity contribution < 1.29 is 14.3 Å². The van der Waals surface area contributed by atoms with E-state index in [1.54, 1.807) is 7.11 Å². The van der Waals surface area contributed by atoms with Crippen molar-refractivity contribution in [3.8, 4) is 11.5 Å². The summed E-state index contributed by atoms with van der Waals surface area (Å²) >= 11 is 1.54. The van der Waals surface area contributed by atoms with Crippen LogP contribution in [0.15, 0.2) is 47.6 Å². The van der Waals surface area contributed by atoms with Crippen molar-refractivity contribution in [3.05, 3.63) is 59.4 Å². The van der Waals surface area contributed by atoms with Crippen LogP contribution in [0.5, 0.6) is 11.5 Å². The summed E-state index contributed by atoms with van der Waals surface area (Å²) in [4.78, 5) is 12.4. The first-order valence-corrected chi connectivity index (χ1v) is 10.6. The Kier molecular flexibility index (Phi) is 7.35. The van der Waals surface area contributed by atoms with Crippen LogP contribution in [0.4, 0.5) is 5.69 Å². The summed E-state index contributed by atoms with van der Waals surface area (Å²) in [5.74, 6) is 2.81. The van der Waals surface area contributed by atoms with Gasteiger partial charge in [-0.1, -0.05) is 29.5 Å². The maximum absolute atomic E-state index is 12.4. The predicted octanol–water partition coefficient (Wildman–Crippen LogP) is 3.79. The lowest BCUT2D eigenvalue weighted by Crippen LogP contribution is -2.17. The van der Waals surface area contributed by atoms with Crippen LogP contribution in [0.3, 0.4) is 0 Å². The molecule has 7 nitrogen and oxygen atoms in total. The Morgan fingerprint density at radius 2 is 1.83 bits per heavy atom. The number of nitrogens with one attached hydrogen (secondary N) is 1. The Balaban J connectivity index is 1.48. The number of anilines is 1. The molecule has 0 saturated carbocycles. The molecule has 3 rings (SSSR count). The van der Waals surface area contributed by atoms with Crippen molar-refractivity contribution in [3.63, 3.8) is 0 Å². The first kappa shape index (κ1) is 21.7. The van der Waals surface area contributed by atoms with Crippen LogP contribution in [0.25, 0.3) is 0 Å². The highest BCUT2D eigenvalue weighted by Gasteiger charge is 2.14. The Morgan fingerprint density at radius 1 is 1.10 bits per heavy atom. The second kappa shape index (κ2) is 10.2. The first-order chi connectivity index (χ1) is 14.5. The molecule has 30 heavy (non-hydrogen) atoms. The molecule has 1 amide bonds. The van der Waals surface area contributed by atoms with Gasteiger partial charge in [0.25, 0.3) is 0 Å². The van der Waals surface area contributed by atoms with Gasteiger partial charge in [0, 0.05) is 18.5 Å². The smallest absolute Gasteiger partial charge is 0.232 e. The van der Waals surface area contributed by atoms with Gasteiger partial charge in [0.15, 0.2) is 5.16 Å². The quantitative estimate of drug-likeness (QED) is 0.414. The molecule has 0 spiro atoms. The van der Waals surface area contributed by atoms with E-state index in [9.17, 15) is 4.79 Å². The summed E-state index contributed by atoms with van der Waals surface area (Å²) in [6, 6.07) is 13.4. The molecule has 8 heteroatoms. The Morgan fingerprint density at radius 3 is 2.53 bits per heavy atom. The van der Waals surface area contributed by atoms with E-state index in [-0.39, 0.29) is 12.3 Å². The number of aromatic nitrogens is 3. The van der Waals surface area contributed by atoms with Gasteiger partial charge in [-0.3, -0.25) is 4.79 Å². The molecule has 3 aromatic rings. The summed E-state index contributed by atoms with van der Waals surface area (Å²) < 4.78 is 12.7. The van der Waals surface area contributed by atoms with Crippen LogP contribution in [0.1, 0.15) is 17.0 Å². The first-order valence-electron chi connectivity index (χ1n) is 9.61. The SMILES string of the molecule is COc1ccc(OCCSc2nnc(CC(=O)Nc3ccc(C)cc3C)n2C)cc1. The third kappa shape index (κ3) is 5.76. The van der Waals surface area contributed by atoms with E-state index in [0.29, 0.717) is 18.2 Å². The fourth-order valence-electron chi connectivity index (χ4n) is 2.88. The van der Waals surface area contributed by atoms with Crippen molar-refractivity contribution in [2.45, 2.75) is 25.4 Å². The summed E-state index contributed by atoms with van der Waals surface area (Å²) in [6.45, 7) is 4.54. The van der Waals surface area contributed by atoms with Crippen molar-refractivity contribution in [1.29, 1.82) is 0 Å². The summed E-state index contributed by atoms with van der Waals surface area (Å²) in [6.07, 6.45) is 0.166. The average molecular weight is 427 g/mol. The van der Waals surface area contributed by atoms with E-state index in [2.05, 4.69) is 15.5 Å². The minimum Gasteiger partial charge on any atom is -0.497 e. The number of rotatable bonds is 9. The Hall–Kier alpha value is -3.00. The van der Waals surface area contributed by atoms with Crippen LogP contribution in [0.2, 0.25) is 0 Å². The second-order valence-corrected chi connectivity index (χ2v) is 7.94. The monoisotopic (exact) mass is 426 g/mol. The number of carbonyl (C=O) groups excluding carboxylic acids is 1. The van der Waals surface area contributed by atoms with Gasteiger partial charge in [-0.2, -0.15) is 0 Å². The molecule has 1 aromatic heterocycles. The standard InChI is InChI=1S/C22H26N4O3S/c1-15-5-10-19(16(2)13-15)23-21(27)14-20-24-25-22(26(20)3)30-12-11-29-18-8-6-17(28-4)7-9-18/h5-10,13H,11-12,14H2,1-4H3,(H,23,27). The molecule has 0 atom stereocenters. The molecular formula is C22H26N4O3S. The van der Waals surface area contributed by atoms with Crippen molar-refractivity contribution in [2.24, 2.45) is 7.05 Å². The average Bonchev–Trinajstić information content (AvgIpc) is 3.07. The second-order valence-electron chi connectivity index (χ2n) is 6.87. The lowest BCUT2D eigenvalue weighted by molar-refractivity contribution is -0.115. The summed E-state index contributed by atoms with van der Waals surface area (Å²) in [5, 5.41) is 12.1. The van der Waals surface area contributed by atoms with Crippen LogP contribution in [-0.4, -0.2) is 40.1 Å². The number of aryl methyl sites for hydroxylation is 2. The number of carbonyl (C=O) groups is 1. The molecule has 0 bridgehead atoms. The zero-order valence-electron chi connectivity index (χ0n) is 17.6. The lowest BCUT2D eigenvalue weighted by atomic mass is 10.1. The van der Waals surface area contributed by atoms with E-state index in [1.807, 2.05) is 67.9 Å². The van der Waals surface area contributed by atoms with Crippen molar-refractivity contribution in [2.75, 3.05) is 24.8 Å². The molecule has 1 heterocycles. The van der Waals surface area contributed by atoms with Gasteiger partial charge in [0.05, 0.1) is 20.1 Å². The fraction of sp³-hybridized carbons (Fsp3) is 0.318. The molecule has 0 saturated heterocycles. The highest BCUT2D eigenvalue weighted by Crippen LogP contribution is 2.20. The maximum Gasteiger partial charge on any atom is 0.232 e. The molecule has 0 aliphatic heterocycles. The Labute approximate surface area is 180 Å². The molecule has 0 unspecified atom stereocenters. The van der Waals surface area contributed by atoms with Gasteiger partial charge in [0.1, 0.15) is 17.3 Å². The van der Waals surface area contributed by atoms with Crippen LogP contribution >= 0.6 is 11.8 Å². The zero-order chi connectivity index (χ0) is 21.5. The number of hydrogen-bond donors (Lipinski definition) is 1. The van der Waals surface area contributed by atoms with Gasteiger partial charge >= 0.3 is 0 Å². The highest BCUT2D eigenvalue weighted by atomic mass is 32.2. The van der Waals surface area contributed by atoms with E-state index in [1.165, 1.54) is 11.8 Å². The van der Waals surface area contributed by atoms with E-state index in [4.69, 9.17) is 9.47 Å². The lowest BCUT2D eigenvalue weighted by Gasteiger charge is -2.09. The predicted molar refractivity (Wildman–Crippen MR) is 118 cm³/mol. The molecule has 2 aromatic carbocycles. The van der Waals surface area contributed by atoms with Crippen molar-refractivity contribution >= 4 is 23.4 Å².